The van der Waals surface area contributed by atoms with Crippen LogP contribution in [0.4, 0.5) is 5.82 Å². The number of aromatic nitrogens is 2. The SMILES string of the molecule is Cc1cccc(CNc2cc(C(=O)NC3CCCCCC3)ncn2)c1. The fourth-order valence-corrected chi connectivity index (χ4v) is 3.28. The molecule has 1 aromatic carbocycles. The van der Waals surface area contributed by atoms with Crippen LogP contribution >= 0.6 is 0 Å². The molecule has 1 aliphatic carbocycles. The van der Waals surface area contributed by atoms with Gasteiger partial charge in [0.1, 0.15) is 17.8 Å². The molecule has 132 valence electrons. The van der Waals surface area contributed by atoms with Crippen LogP contribution in [0.25, 0.3) is 0 Å². The molecule has 1 fully saturated rings. The van der Waals surface area contributed by atoms with Gasteiger partial charge in [0.25, 0.3) is 5.91 Å². The van der Waals surface area contributed by atoms with Crippen LogP contribution in [0.3, 0.4) is 0 Å². The number of carbonyl (C=O) groups is 1. The zero-order valence-electron chi connectivity index (χ0n) is 14.8. The minimum atomic E-state index is -0.104. The van der Waals surface area contributed by atoms with E-state index in [-0.39, 0.29) is 11.9 Å². The summed E-state index contributed by atoms with van der Waals surface area (Å²) in [6.45, 7) is 2.74. The van der Waals surface area contributed by atoms with Crippen molar-refractivity contribution >= 4 is 11.7 Å². The lowest BCUT2D eigenvalue weighted by molar-refractivity contribution is 0.0928. The average Bonchev–Trinajstić information content (AvgIpc) is 2.89. The minimum absolute atomic E-state index is 0.104. The molecule has 25 heavy (non-hydrogen) atoms. The summed E-state index contributed by atoms with van der Waals surface area (Å²) in [6.07, 6.45) is 8.50. The van der Waals surface area contributed by atoms with E-state index in [0.29, 0.717) is 18.1 Å². The number of amides is 1. The number of hydrogen-bond acceptors (Lipinski definition) is 4. The van der Waals surface area contributed by atoms with Crippen LogP contribution < -0.4 is 10.6 Å². The van der Waals surface area contributed by atoms with Gasteiger partial charge in [-0.05, 0) is 25.3 Å². The third-order valence-electron chi connectivity index (χ3n) is 4.65. The standard InChI is InChI=1S/C20H26N4O/c1-15-7-6-8-16(11-15)13-21-19-12-18(22-14-23-19)20(25)24-17-9-4-2-3-5-10-17/h6-8,11-12,14,17H,2-5,9-10,13H2,1H3,(H,24,25)(H,21,22,23). The van der Waals surface area contributed by atoms with Gasteiger partial charge in [-0.25, -0.2) is 9.97 Å². The largest absolute Gasteiger partial charge is 0.366 e. The summed E-state index contributed by atoms with van der Waals surface area (Å²) in [4.78, 5) is 20.8. The van der Waals surface area contributed by atoms with Gasteiger partial charge in [0.15, 0.2) is 0 Å². The zero-order valence-corrected chi connectivity index (χ0v) is 14.8. The fraction of sp³-hybridized carbons (Fsp3) is 0.450. The first-order valence-electron chi connectivity index (χ1n) is 9.13. The van der Waals surface area contributed by atoms with Crippen molar-refractivity contribution in [3.05, 3.63) is 53.5 Å². The quantitative estimate of drug-likeness (QED) is 0.813. The van der Waals surface area contributed by atoms with E-state index in [1.54, 1.807) is 6.07 Å². The lowest BCUT2D eigenvalue weighted by Crippen LogP contribution is -2.34. The van der Waals surface area contributed by atoms with Gasteiger partial charge in [0.2, 0.25) is 0 Å². The molecule has 1 aliphatic rings. The predicted octanol–water partition coefficient (Wildman–Crippen LogP) is 3.85. The van der Waals surface area contributed by atoms with Gasteiger partial charge in [0.05, 0.1) is 0 Å². The Labute approximate surface area is 149 Å². The van der Waals surface area contributed by atoms with Crippen molar-refractivity contribution in [3.63, 3.8) is 0 Å². The van der Waals surface area contributed by atoms with E-state index in [1.807, 2.05) is 6.07 Å². The highest BCUT2D eigenvalue weighted by molar-refractivity contribution is 5.93. The van der Waals surface area contributed by atoms with Gasteiger partial charge in [-0.3, -0.25) is 4.79 Å². The van der Waals surface area contributed by atoms with Crippen LogP contribution in [-0.2, 0) is 6.54 Å². The molecule has 2 N–H and O–H groups in total. The molecule has 0 unspecified atom stereocenters. The second kappa shape index (κ2) is 8.60. The predicted molar refractivity (Wildman–Crippen MR) is 99.5 cm³/mol. The highest BCUT2D eigenvalue weighted by Gasteiger charge is 2.17. The van der Waals surface area contributed by atoms with E-state index in [4.69, 9.17) is 0 Å². The number of aryl methyl sites for hydroxylation is 1. The molecule has 0 radical (unpaired) electrons. The molecule has 0 spiro atoms. The molecule has 1 saturated carbocycles. The Morgan fingerprint density at radius 3 is 2.68 bits per heavy atom. The topological polar surface area (TPSA) is 66.9 Å². The molecule has 0 atom stereocenters. The Morgan fingerprint density at radius 1 is 1.12 bits per heavy atom. The Kier molecular flexibility index (Phi) is 5.99. The summed E-state index contributed by atoms with van der Waals surface area (Å²) in [5.41, 5.74) is 2.83. The monoisotopic (exact) mass is 338 g/mol. The van der Waals surface area contributed by atoms with Gasteiger partial charge >= 0.3 is 0 Å². The van der Waals surface area contributed by atoms with Crippen LogP contribution in [0.5, 0.6) is 0 Å². The third kappa shape index (κ3) is 5.28. The van der Waals surface area contributed by atoms with E-state index < -0.39 is 0 Å². The molecular formula is C20H26N4O. The van der Waals surface area contributed by atoms with Crippen molar-refractivity contribution in [1.29, 1.82) is 0 Å². The Morgan fingerprint density at radius 2 is 1.92 bits per heavy atom. The molecule has 1 amide bonds. The van der Waals surface area contributed by atoms with Crippen molar-refractivity contribution in [1.82, 2.24) is 15.3 Å². The van der Waals surface area contributed by atoms with Crippen molar-refractivity contribution in [2.75, 3.05) is 5.32 Å². The molecule has 5 heteroatoms. The third-order valence-corrected chi connectivity index (χ3v) is 4.65. The lowest BCUT2D eigenvalue weighted by Gasteiger charge is -2.16. The highest BCUT2D eigenvalue weighted by atomic mass is 16.1. The molecule has 1 heterocycles. The van der Waals surface area contributed by atoms with Crippen LogP contribution in [0.2, 0.25) is 0 Å². The lowest BCUT2D eigenvalue weighted by atomic mass is 10.1. The molecule has 0 saturated heterocycles. The Hall–Kier alpha value is -2.43. The number of hydrogen-bond donors (Lipinski definition) is 2. The van der Waals surface area contributed by atoms with Crippen molar-refractivity contribution in [3.8, 4) is 0 Å². The zero-order chi connectivity index (χ0) is 17.5. The van der Waals surface area contributed by atoms with E-state index >= 15 is 0 Å². The molecular weight excluding hydrogens is 312 g/mol. The Balaban J connectivity index is 1.59. The summed E-state index contributed by atoms with van der Waals surface area (Å²) in [6, 6.07) is 10.3. The fourth-order valence-electron chi connectivity index (χ4n) is 3.28. The number of benzene rings is 1. The second-order valence-corrected chi connectivity index (χ2v) is 6.79. The number of carbonyl (C=O) groups excluding carboxylic acids is 1. The van der Waals surface area contributed by atoms with E-state index in [2.05, 4.69) is 45.7 Å². The van der Waals surface area contributed by atoms with E-state index in [9.17, 15) is 4.79 Å². The first kappa shape index (κ1) is 17.4. The van der Waals surface area contributed by atoms with Gasteiger partial charge < -0.3 is 10.6 Å². The number of nitrogens with one attached hydrogen (secondary N) is 2. The van der Waals surface area contributed by atoms with Crippen molar-refractivity contribution < 1.29 is 4.79 Å². The summed E-state index contributed by atoms with van der Waals surface area (Å²) < 4.78 is 0. The van der Waals surface area contributed by atoms with Crippen LogP contribution in [0.15, 0.2) is 36.7 Å². The molecule has 1 aromatic heterocycles. The smallest absolute Gasteiger partial charge is 0.270 e. The summed E-state index contributed by atoms with van der Waals surface area (Å²) in [5, 5.41) is 6.39. The first-order chi connectivity index (χ1) is 12.2. The maximum absolute atomic E-state index is 12.5. The van der Waals surface area contributed by atoms with Gasteiger partial charge in [-0.15, -0.1) is 0 Å². The molecule has 2 aromatic rings. The molecule has 0 aliphatic heterocycles. The van der Waals surface area contributed by atoms with Gasteiger partial charge in [-0.1, -0.05) is 55.5 Å². The second-order valence-electron chi connectivity index (χ2n) is 6.79. The normalized spacial score (nSPS) is 15.4. The van der Waals surface area contributed by atoms with E-state index in [1.165, 1.54) is 43.1 Å². The van der Waals surface area contributed by atoms with Crippen molar-refractivity contribution in [2.45, 2.75) is 58.0 Å². The van der Waals surface area contributed by atoms with E-state index in [0.717, 1.165) is 12.8 Å². The summed E-state index contributed by atoms with van der Waals surface area (Å²) in [5.74, 6) is 0.565. The number of rotatable bonds is 5. The highest BCUT2D eigenvalue weighted by Crippen LogP contribution is 2.17. The maximum atomic E-state index is 12.5. The minimum Gasteiger partial charge on any atom is -0.366 e. The molecule has 3 rings (SSSR count). The Bertz CT molecular complexity index is 708. The van der Waals surface area contributed by atoms with Crippen LogP contribution in [0, 0.1) is 6.92 Å². The number of anilines is 1. The molecule has 0 bridgehead atoms. The maximum Gasteiger partial charge on any atom is 0.270 e. The first-order valence-corrected chi connectivity index (χ1v) is 9.13. The summed E-state index contributed by atoms with van der Waals surface area (Å²) in [7, 11) is 0. The van der Waals surface area contributed by atoms with Crippen LogP contribution in [-0.4, -0.2) is 21.9 Å². The molecule has 5 nitrogen and oxygen atoms in total. The average molecular weight is 338 g/mol. The van der Waals surface area contributed by atoms with Crippen LogP contribution in [0.1, 0.15) is 60.1 Å². The summed E-state index contributed by atoms with van der Waals surface area (Å²) >= 11 is 0. The van der Waals surface area contributed by atoms with Gasteiger partial charge in [-0.2, -0.15) is 0 Å². The number of nitrogens with zero attached hydrogens (tertiary/aromatic N) is 2. The van der Waals surface area contributed by atoms with Crippen molar-refractivity contribution in [2.24, 2.45) is 0 Å². The van der Waals surface area contributed by atoms with Gasteiger partial charge in [0, 0.05) is 18.7 Å².